The maximum absolute atomic E-state index is 13.1. The summed E-state index contributed by atoms with van der Waals surface area (Å²) in [5.41, 5.74) is 2.11. The van der Waals surface area contributed by atoms with Gasteiger partial charge in [-0.15, -0.1) is 0 Å². The molecule has 33 heavy (non-hydrogen) atoms. The number of anilines is 1. The second kappa shape index (κ2) is 8.84. The summed E-state index contributed by atoms with van der Waals surface area (Å²) in [6, 6.07) is 15.3. The predicted molar refractivity (Wildman–Crippen MR) is 122 cm³/mol. The molecule has 2 heterocycles. The van der Waals surface area contributed by atoms with Crippen molar-refractivity contribution < 1.29 is 13.2 Å². The Balaban J connectivity index is 1.52. The van der Waals surface area contributed by atoms with Crippen molar-refractivity contribution in [3.8, 4) is 11.4 Å². The molecule has 2 aromatic heterocycles. The molecule has 8 heteroatoms. The van der Waals surface area contributed by atoms with E-state index >= 15 is 0 Å². The molecule has 5 rings (SSSR count). The van der Waals surface area contributed by atoms with Crippen molar-refractivity contribution in [1.29, 1.82) is 0 Å². The molecular formula is C25H24F3N5. The van der Waals surface area contributed by atoms with Gasteiger partial charge in [0.25, 0.3) is 0 Å². The van der Waals surface area contributed by atoms with Crippen LogP contribution in [0.1, 0.15) is 49.3 Å². The van der Waals surface area contributed by atoms with E-state index in [0.29, 0.717) is 28.8 Å². The Hall–Kier alpha value is -3.42. The summed E-state index contributed by atoms with van der Waals surface area (Å²) in [4.78, 5) is 14.1. The van der Waals surface area contributed by atoms with E-state index in [0.717, 1.165) is 36.2 Å². The fourth-order valence-electron chi connectivity index (χ4n) is 4.43. The monoisotopic (exact) mass is 451 g/mol. The molecule has 0 radical (unpaired) electrons. The Bertz CT molecular complexity index is 1240. The molecule has 1 fully saturated rings. The van der Waals surface area contributed by atoms with Crippen molar-refractivity contribution >= 4 is 17.0 Å². The van der Waals surface area contributed by atoms with Gasteiger partial charge < -0.3 is 9.88 Å². The minimum Gasteiger partial charge on any atom is -0.364 e. The fraction of sp³-hybridized carbons (Fsp3) is 0.320. The van der Waals surface area contributed by atoms with Crippen LogP contribution in [-0.2, 0) is 12.7 Å². The first-order valence-electron chi connectivity index (χ1n) is 11.2. The molecule has 1 aliphatic carbocycles. The molecule has 2 aromatic carbocycles. The first-order valence-corrected chi connectivity index (χ1v) is 11.2. The molecule has 1 N–H and O–H groups in total. The number of hydrogen-bond donors (Lipinski definition) is 1. The Kier molecular flexibility index (Phi) is 5.74. The summed E-state index contributed by atoms with van der Waals surface area (Å²) in [6.45, 7) is 0.195. The number of nitrogens with zero attached hydrogens (tertiary/aromatic N) is 4. The number of alkyl halides is 3. The van der Waals surface area contributed by atoms with Gasteiger partial charge in [0, 0.05) is 18.2 Å². The first-order chi connectivity index (χ1) is 16.0. The lowest BCUT2D eigenvalue weighted by Gasteiger charge is -2.23. The van der Waals surface area contributed by atoms with Gasteiger partial charge in [-0.3, -0.25) is 0 Å². The molecule has 170 valence electrons. The minimum atomic E-state index is -4.38. The zero-order valence-corrected chi connectivity index (χ0v) is 18.0. The molecule has 0 aliphatic heterocycles. The van der Waals surface area contributed by atoms with E-state index in [2.05, 4.69) is 14.9 Å². The van der Waals surface area contributed by atoms with Gasteiger partial charge in [-0.25, -0.2) is 15.0 Å². The van der Waals surface area contributed by atoms with Crippen LogP contribution in [0, 0.1) is 0 Å². The van der Waals surface area contributed by atoms with E-state index in [-0.39, 0.29) is 6.54 Å². The molecule has 5 nitrogen and oxygen atoms in total. The number of hydrogen-bond acceptors (Lipinski definition) is 4. The predicted octanol–water partition coefficient (Wildman–Crippen LogP) is 6.63. The summed E-state index contributed by atoms with van der Waals surface area (Å²) >= 11 is 0. The average molecular weight is 451 g/mol. The summed E-state index contributed by atoms with van der Waals surface area (Å²) in [5, 5.41) is 3.21. The van der Waals surface area contributed by atoms with Crippen molar-refractivity contribution in [2.45, 2.75) is 50.9 Å². The van der Waals surface area contributed by atoms with E-state index < -0.39 is 11.7 Å². The third-order valence-corrected chi connectivity index (χ3v) is 6.14. The summed E-state index contributed by atoms with van der Waals surface area (Å²) < 4.78 is 41.5. The average Bonchev–Trinajstić information content (AvgIpc) is 3.27. The van der Waals surface area contributed by atoms with Gasteiger partial charge >= 0.3 is 6.18 Å². The topological polar surface area (TPSA) is 55.6 Å². The summed E-state index contributed by atoms with van der Waals surface area (Å²) in [7, 11) is 0. The van der Waals surface area contributed by atoms with Gasteiger partial charge in [-0.2, -0.15) is 13.2 Å². The maximum Gasteiger partial charge on any atom is 0.416 e. The molecular weight excluding hydrogens is 427 g/mol. The summed E-state index contributed by atoms with van der Waals surface area (Å²) in [6.07, 6.45) is 3.23. The smallest absolute Gasteiger partial charge is 0.364 e. The first kappa shape index (κ1) is 21.4. The van der Waals surface area contributed by atoms with Gasteiger partial charge in [0.05, 0.1) is 11.9 Å². The van der Waals surface area contributed by atoms with Crippen LogP contribution in [0.5, 0.6) is 0 Å². The fourth-order valence-corrected chi connectivity index (χ4v) is 4.43. The number of imidazole rings is 1. The van der Waals surface area contributed by atoms with Crippen molar-refractivity contribution in [3.63, 3.8) is 0 Å². The normalized spacial score (nSPS) is 15.1. The van der Waals surface area contributed by atoms with Crippen LogP contribution in [0.2, 0.25) is 0 Å². The number of fused-ring (bicyclic) bond motifs is 1. The Morgan fingerprint density at radius 2 is 1.73 bits per heavy atom. The van der Waals surface area contributed by atoms with Gasteiger partial charge in [-0.05, 0) is 30.5 Å². The Labute approximate surface area is 189 Å². The Morgan fingerprint density at radius 3 is 2.48 bits per heavy atom. The van der Waals surface area contributed by atoms with E-state index in [9.17, 15) is 13.2 Å². The maximum atomic E-state index is 13.1. The van der Waals surface area contributed by atoms with Crippen LogP contribution in [0.4, 0.5) is 19.0 Å². The zero-order valence-electron chi connectivity index (χ0n) is 18.0. The lowest BCUT2D eigenvalue weighted by Crippen LogP contribution is -2.13. The SMILES string of the molecule is FC(F)(F)c1cccc(CNc2nc(-c3ccccc3)nc3c2ncn3C2CCCCC2)c1. The van der Waals surface area contributed by atoms with Crippen molar-refractivity contribution in [2.24, 2.45) is 0 Å². The standard InChI is InChI=1S/C25H24F3N5/c26-25(27,28)19-11-7-8-17(14-19)15-29-23-21-24(32-22(31-23)18-9-3-1-4-10-18)33(16-30-21)20-12-5-2-6-13-20/h1,3-4,7-11,14,16,20H,2,5-6,12-13,15H2,(H,29,31,32). The number of rotatable bonds is 5. The van der Waals surface area contributed by atoms with Gasteiger partial charge in [0.2, 0.25) is 0 Å². The lowest BCUT2D eigenvalue weighted by atomic mass is 9.95. The number of aromatic nitrogens is 4. The number of halogens is 3. The third-order valence-electron chi connectivity index (χ3n) is 6.14. The van der Waals surface area contributed by atoms with Crippen molar-refractivity contribution in [2.75, 3.05) is 5.32 Å². The lowest BCUT2D eigenvalue weighted by molar-refractivity contribution is -0.137. The van der Waals surface area contributed by atoms with Crippen LogP contribution in [0.15, 0.2) is 60.9 Å². The molecule has 1 saturated carbocycles. The van der Waals surface area contributed by atoms with E-state index in [4.69, 9.17) is 9.97 Å². The minimum absolute atomic E-state index is 0.195. The highest BCUT2D eigenvalue weighted by atomic mass is 19.4. The summed E-state index contributed by atoms with van der Waals surface area (Å²) in [5.74, 6) is 1.08. The van der Waals surface area contributed by atoms with Crippen LogP contribution >= 0.6 is 0 Å². The molecule has 0 amide bonds. The zero-order chi connectivity index (χ0) is 22.8. The number of nitrogens with one attached hydrogen (secondary N) is 1. The van der Waals surface area contributed by atoms with Gasteiger partial charge in [0.15, 0.2) is 17.3 Å². The highest BCUT2D eigenvalue weighted by Crippen LogP contribution is 2.33. The van der Waals surface area contributed by atoms with E-state index in [1.54, 1.807) is 6.07 Å². The van der Waals surface area contributed by atoms with Crippen LogP contribution < -0.4 is 5.32 Å². The van der Waals surface area contributed by atoms with Gasteiger partial charge in [-0.1, -0.05) is 61.7 Å². The van der Waals surface area contributed by atoms with E-state index in [1.807, 2.05) is 36.7 Å². The van der Waals surface area contributed by atoms with Crippen molar-refractivity contribution in [1.82, 2.24) is 19.5 Å². The Morgan fingerprint density at radius 1 is 0.939 bits per heavy atom. The highest BCUT2D eigenvalue weighted by molar-refractivity contribution is 5.85. The molecule has 0 atom stereocenters. The molecule has 0 unspecified atom stereocenters. The van der Waals surface area contributed by atoms with Crippen molar-refractivity contribution in [3.05, 3.63) is 72.1 Å². The van der Waals surface area contributed by atoms with Crippen LogP contribution in [-0.4, -0.2) is 19.5 Å². The van der Waals surface area contributed by atoms with Crippen LogP contribution in [0.3, 0.4) is 0 Å². The largest absolute Gasteiger partial charge is 0.416 e. The highest BCUT2D eigenvalue weighted by Gasteiger charge is 2.30. The van der Waals surface area contributed by atoms with Gasteiger partial charge in [0.1, 0.15) is 5.52 Å². The molecule has 0 spiro atoms. The molecule has 0 saturated heterocycles. The number of benzene rings is 2. The van der Waals surface area contributed by atoms with E-state index in [1.165, 1.54) is 25.3 Å². The third kappa shape index (κ3) is 4.55. The second-order valence-corrected chi connectivity index (χ2v) is 8.43. The molecule has 0 bridgehead atoms. The second-order valence-electron chi connectivity index (χ2n) is 8.43. The molecule has 1 aliphatic rings. The quantitative estimate of drug-likeness (QED) is 0.370. The molecule has 4 aromatic rings. The van der Waals surface area contributed by atoms with Crippen LogP contribution in [0.25, 0.3) is 22.6 Å².